The van der Waals surface area contributed by atoms with Crippen molar-refractivity contribution in [3.63, 3.8) is 0 Å². The van der Waals surface area contributed by atoms with Gasteiger partial charge in [-0.25, -0.2) is 4.79 Å². The van der Waals surface area contributed by atoms with Gasteiger partial charge in [0, 0.05) is 28.3 Å². The Kier molecular flexibility index (Phi) is 6.94. The van der Waals surface area contributed by atoms with Gasteiger partial charge in [-0.2, -0.15) is 0 Å². The molecule has 7 nitrogen and oxygen atoms in total. The van der Waals surface area contributed by atoms with Gasteiger partial charge < -0.3 is 4.84 Å². The lowest BCUT2D eigenvalue weighted by molar-refractivity contribution is -0.385. The molecular formula is C23H18N2O5S. The van der Waals surface area contributed by atoms with E-state index in [1.165, 1.54) is 23.9 Å². The van der Waals surface area contributed by atoms with E-state index in [1.807, 2.05) is 30.3 Å². The summed E-state index contributed by atoms with van der Waals surface area (Å²) < 4.78 is 0. The third-order valence-corrected chi connectivity index (χ3v) is 5.28. The van der Waals surface area contributed by atoms with Crippen LogP contribution in [-0.4, -0.2) is 22.4 Å². The van der Waals surface area contributed by atoms with Crippen LogP contribution in [0.1, 0.15) is 28.4 Å². The number of rotatable bonds is 7. The first-order valence-corrected chi connectivity index (χ1v) is 10.1. The number of ketones is 1. The summed E-state index contributed by atoms with van der Waals surface area (Å²) in [5.41, 5.74) is 0.144. The zero-order valence-corrected chi connectivity index (χ0v) is 17.6. The first kappa shape index (κ1) is 21.9. The minimum atomic E-state index is -0.740. The normalized spacial score (nSPS) is 11.1. The molecule has 31 heavy (non-hydrogen) atoms. The summed E-state index contributed by atoms with van der Waals surface area (Å²) in [6.07, 6.45) is 0. The molecule has 0 saturated carbocycles. The monoisotopic (exact) mass is 434 g/mol. The fourth-order valence-corrected chi connectivity index (χ4v) is 3.70. The Morgan fingerprint density at radius 3 is 2.19 bits per heavy atom. The highest BCUT2D eigenvalue weighted by atomic mass is 32.2. The molecule has 0 amide bonds. The van der Waals surface area contributed by atoms with Crippen molar-refractivity contribution in [2.45, 2.75) is 23.6 Å². The number of nitro benzene ring substituents is 1. The Morgan fingerprint density at radius 1 is 0.935 bits per heavy atom. The average Bonchev–Trinajstić information content (AvgIpc) is 2.75. The summed E-state index contributed by atoms with van der Waals surface area (Å²) in [4.78, 5) is 42.1. The van der Waals surface area contributed by atoms with Crippen LogP contribution in [0.2, 0.25) is 0 Å². The van der Waals surface area contributed by atoms with Crippen molar-refractivity contribution < 1.29 is 19.3 Å². The van der Waals surface area contributed by atoms with Gasteiger partial charge in [0.25, 0.3) is 5.69 Å². The Morgan fingerprint density at radius 2 is 1.58 bits per heavy atom. The standard InChI is InChI=1S/C23H18N2O5S/c1-15-7-6-10-20(25(28)29)21(15)22(24-30-16(2)26)23(27)17-11-13-19(14-12-17)31-18-8-4-3-5-9-18/h3-14H,1-2H3/b24-22+. The largest absolute Gasteiger partial charge is 0.332 e. The van der Waals surface area contributed by atoms with Crippen molar-refractivity contribution in [2.24, 2.45) is 5.16 Å². The molecule has 0 unspecified atom stereocenters. The van der Waals surface area contributed by atoms with Gasteiger partial charge in [0.2, 0.25) is 5.78 Å². The summed E-state index contributed by atoms with van der Waals surface area (Å²) >= 11 is 1.54. The Bertz CT molecular complexity index is 1160. The van der Waals surface area contributed by atoms with Gasteiger partial charge in [-0.1, -0.05) is 47.2 Å². The molecule has 3 aromatic carbocycles. The number of Topliss-reactive ketones (excluding diaryl/α,β-unsaturated/α-hetero) is 1. The second-order valence-electron chi connectivity index (χ2n) is 6.52. The van der Waals surface area contributed by atoms with Crippen molar-refractivity contribution in [1.29, 1.82) is 0 Å². The number of carbonyl (C=O) groups is 2. The van der Waals surface area contributed by atoms with Gasteiger partial charge in [-0.05, 0) is 48.9 Å². The van der Waals surface area contributed by atoms with Gasteiger partial charge in [0.15, 0.2) is 5.71 Å². The second-order valence-corrected chi connectivity index (χ2v) is 7.66. The third-order valence-electron chi connectivity index (χ3n) is 4.26. The molecule has 0 bridgehead atoms. The van der Waals surface area contributed by atoms with Crippen LogP contribution >= 0.6 is 11.8 Å². The van der Waals surface area contributed by atoms with Crippen LogP contribution in [0.25, 0.3) is 0 Å². The molecule has 0 heterocycles. The minimum Gasteiger partial charge on any atom is -0.318 e. The van der Waals surface area contributed by atoms with Gasteiger partial charge in [0.05, 0.1) is 10.5 Å². The number of benzene rings is 3. The van der Waals surface area contributed by atoms with E-state index in [0.29, 0.717) is 5.56 Å². The van der Waals surface area contributed by atoms with Crippen molar-refractivity contribution in [3.05, 3.63) is 99.6 Å². The van der Waals surface area contributed by atoms with Crippen molar-refractivity contribution in [2.75, 3.05) is 0 Å². The SMILES string of the molecule is CC(=O)O/N=C(/C(=O)c1ccc(Sc2ccccc2)cc1)c1c(C)cccc1[N+](=O)[O-]. The lowest BCUT2D eigenvalue weighted by atomic mass is 9.96. The molecule has 0 fully saturated rings. The maximum absolute atomic E-state index is 13.2. The van der Waals surface area contributed by atoms with Crippen LogP contribution < -0.4 is 0 Å². The molecule has 3 aromatic rings. The number of carbonyl (C=O) groups excluding carboxylic acids is 2. The highest BCUT2D eigenvalue weighted by Crippen LogP contribution is 2.28. The minimum absolute atomic E-state index is 0.0153. The van der Waals surface area contributed by atoms with Gasteiger partial charge in [-0.15, -0.1) is 0 Å². The average molecular weight is 434 g/mol. The van der Waals surface area contributed by atoms with E-state index in [-0.39, 0.29) is 22.5 Å². The predicted octanol–water partition coefficient (Wildman–Crippen LogP) is 5.20. The van der Waals surface area contributed by atoms with Crippen LogP contribution in [0.15, 0.2) is 87.7 Å². The van der Waals surface area contributed by atoms with E-state index in [1.54, 1.807) is 37.3 Å². The van der Waals surface area contributed by atoms with E-state index < -0.39 is 16.7 Å². The number of oxime groups is 1. The first-order chi connectivity index (χ1) is 14.9. The molecule has 0 N–H and O–H groups in total. The quantitative estimate of drug-likeness (QED) is 0.167. The van der Waals surface area contributed by atoms with Gasteiger partial charge >= 0.3 is 5.97 Å². The summed E-state index contributed by atoms with van der Waals surface area (Å²) in [5, 5.41) is 15.2. The highest BCUT2D eigenvalue weighted by Gasteiger charge is 2.27. The van der Waals surface area contributed by atoms with Crippen LogP contribution in [0, 0.1) is 17.0 Å². The number of hydrogen-bond acceptors (Lipinski definition) is 7. The second kappa shape index (κ2) is 9.82. The molecule has 0 aliphatic carbocycles. The maximum atomic E-state index is 13.2. The Labute approximate surface area is 182 Å². The molecule has 0 atom stereocenters. The smallest absolute Gasteiger partial charge is 0.318 e. The van der Waals surface area contributed by atoms with E-state index in [4.69, 9.17) is 4.84 Å². The topological polar surface area (TPSA) is 98.9 Å². The fraction of sp³-hybridized carbons (Fsp3) is 0.0870. The molecule has 8 heteroatoms. The fourth-order valence-electron chi connectivity index (χ4n) is 2.86. The molecule has 0 aromatic heterocycles. The molecule has 0 spiro atoms. The number of hydrogen-bond donors (Lipinski definition) is 0. The van der Waals surface area contributed by atoms with Gasteiger partial charge in [-0.3, -0.25) is 14.9 Å². The Hall–Kier alpha value is -3.78. The van der Waals surface area contributed by atoms with Crippen molar-refractivity contribution >= 4 is 34.9 Å². The number of nitro groups is 1. The summed E-state index contributed by atoms with van der Waals surface area (Å²) in [7, 11) is 0. The van der Waals surface area contributed by atoms with E-state index >= 15 is 0 Å². The van der Waals surface area contributed by atoms with E-state index in [2.05, 4.69) is 5.16 Å². The van der Waals surface area contributed by atoms with Crippen LogP contribution in [0.4, 0.5) is 5.69 Å². The molecule has 156 valence electrons. The molecule has 3 rings (SSSR count). The Balaban J connectivity index is 1.98. The van der Waals surface area contributed by atoms with Crippen molar-refractivity contribution in [3.8, 4) is 0 Å². The zero-order valence-electron chi connectivity index (χ0n) is 16.8. The lowest BCUT2D eigenvalue weighted by Gasteiger charge is -2.10. The molecule has 0 aliphatic heterocycles. The number of nitrogens with zero attached hydrogens (tertiary/aromatic N) is 2. The lowest BCUT2D eigenvalue weighted by Crippen LogP contribution is -2.20. The summed E-state index contributed by atoms with van der Waals surface area (Å²) in [5.74, 6) is -1.33. The van der Waals surface area contributed by atoms with E-state index in [9.17, 15) is 19.7 Å². The van der Waals surface area contributed by atoms with Gasteiger partial charge in [0.1, 0.15) is 0 Å². The van der Waals surface area contributed by atoms with Crippen LogP contribution in [0.5, 0.6) is 0 Å². The first-order valence-electron chi connectivity index (χ1n) is 9.24. The molecule has 0 radical (unpaired) electrons. The van der Waals surface area contributed by atoms with Crippen LogP contribution in [-0.2, 0) is 9.63 Å². The summed E-state index contributed by atoms with van der Waals surface area (Å²) in [6, 6.07) is 21.0. The highest BCUT2D eigenvalue weighted by molar-refractivity contribution is 7.99. The molecular weight excluding hydrogens is 416 g/mol. The zero-order chi connectivity index (χ0) is 22.4. The van der Waals surface area contributed by atoms with Crippen LogP contribution in [0.3, 0.4) is 0 Å². The van der Waals surface area contributed by atoms with Crippen molar-refractivity contribution in [1.82, 2.24) is 0 Å². The van der Waals surface area contributed by atoms with E-state index in [0.717, 1.165) is 16.7 Å². The molecule has 0 aliphatic rings. The third kappa shape index (κ3) is 5.43. The molecule has 0 saturated heterocycles. The number of aryl methyl sites for hydroxylation is 1. The maximum Gasteiger partial charge on any atom is 0.332 e. The summed E-state index contributed by atoms with van der Waals surface area (Å²) in [6.45, 7) is 2.76. The predicted molar refractivity (Wildman–Crippen MR) is 117 cm³/mol.